The first-order valence-corrected chi connectivity index (χ1v) is 5.44. The summed E-state index contributed by atoms with van der Waals surface area (Å²) in [5.74, 6) is 1.05. The summed E-state index contributed by atoms with van der Waals surface area (Å²) in [6.07, 6.45) is 2.67. The molecule has 1 unspecified atom stereocenters. The summed E-state index contributed by atoms with van der Waals surface area (Å²) >= 11 is 0. The predicted molar refractivity (Wildman–Crippen MR) is 60.1 cm³/mol. The van der Waals surface area contributed by atoms with Gasteiger partial charge >= 0.3 is 0 Å². The molecule has 0 fully saturated rings. The monoisotopic (exact) mass is 217 g/mol. The van der Waals surface area contributed by atoms with Gasteiger partial charge in [0.15, 0.2) is 0 Å². The molecule has 0 aliphatic carbocycles. The Hall–Kier alpha value is -1.64. The molecule has 1 aromatic carbocycles. The number of halogens is 1. The predicted octanol–water partition coefficient (Wildman–Crippen LogP) is 2.94. The Morgan fingerprint density at radius 2 is 2.31 bits per heavy atom. The Labute approximate surface area is 93.1 Å². The van der Waals surface area contributed by atoms with Crippen LogP contribution >= 0.6 is 0 Å². The van der Waals surface area contributed by atoms with Crippen molar-refractivity contribution < 1.29 is 9.13 Å². The summed E-state index contributed by atoms with van der Waals surface area (Å²) < 4.78 is 18.8. The Morgan fingerprint density at radius 3 is 3.19 bits per heavy atom. The SMILES string of the molecule is CC1COc2cnc3ccc(F)cc3c2C1. The van der Waals surface area contributed by atoms with Crippen molar-refractivity contribution in [1.82, 2.24) is 4.98 Å². The van der Waals surface area contributed by atoms with E-state index in [1.54, 1.807) is 18.3 Å². The molecule has 0 spiro atoms. The third kappa shape index (κ3) is 1.43. The Kier molecular flexibility index (Phi) is 2.06. The number of hydrogen-bond donors (Lipinski definition) is 0. The van der Waals surface area contributed by atoms with Crippen molar-refractivity contribution in [2.75, 3.05) is 6.61 Å². The lowest BCUT2D eigenvalue weighted by molar-refractivity contribution is 0.234. The summed E-state index contributed by atoms with van der Waals surface area (Å²) in [7, 11) is 0. The lowest BCUT2D eigenvalue weighted by Gasteiger charge is -2.23. The van der Waals surface area contributed by atoms with E-state index in [0.29, 0.717) is 5.92 Å². The van der Waals surface area contributed by atoms with E-state index in [0.717, 1.165) is 35.2 Å². The van der Waals surface area contributed by atoms with Crippen LogP contribution in [0.25, 0.3) is 10.9 Å². The van der Waals surface area contributed by atoms with Crippen LogP contribution in [0, 0.1) is 11.7 Å². The van der Waals surface area contributed by atoms with Crippen molar-refractivity contribution >= 4 is 10.9 Å². The van der Waals surface area contributed by atoms with Gasteiger partial charge < -0.3 is 4.74 Å². The molecule has 2 aromatic rings. The van der Waals surface area contributed by atoms with Gasteiger partial charge in [0, 0.05) is 10.9 Å². The summed E-state index contributed by atoms with van der Waals surface area (Å²) in [5, 5.41) is 0.879. The number of pyridine rings is 1. The molecule has 3 rings (SSSR count). The Balaban J connectivity index is 2.28. The number of aromatic nitrogens is 1. The summed E-state index contributed by atoms with van der Waals surface area (Å²) in [6.45, 7) is 2.85. The molecule has 0 saturated carbocycles. The van der Waals surface area contributed by atoms with E-state index in [-0.39, 0.29) is 5.82 Å². The van der Waals surface area contributed by atoms with Gasteiger partial charge in [-0.25, -0.2) is 4.39 Å². The zero-order valence-electron chi connectivity index (χ0n) is 9.03. The first-order valence-electron chi connectivity index (χ1n) is 5.44. The fourth-order valence-electron chi connectivity index (χ4n) is 2.18. The molecule has 1 atom stereocenters. The molecule has 0 bridgehead atoms. The third-order valence-electron chi connectivity index (χ3n) is 2.98. The summed E-state index contributed by atoms with van der Waals surface area (Å²) in [6, 6.07) is 4.70. The molecular formula is C13H12FNO. The normalized spacial score (nSPS) is 19.2. The number of fused-ring (bicyclic) bond motifs is 3. The topological polar surface area (TPSA) is 22.1 Å². The van der Waals surface area contributed by atoms with Gasteiger partial charge in [-0.2, -0.15) is 0 Å². The van der Waals surface area contributed by atoms with Crippen molar-refractivity contribution in [3.63, 3.8) is 0 Å². The number of ether oxygens (including phenoxy) is 1. The van der Waals surface area contributed by atoms with E-state index in [2.05, 4.69) is 11.9 Å². The molecule has 0 saturated heterocycles. The van der Waals surface area contributed by atoms with Gasteiger partial charge in [-0.05, 0) is 30.5 Å². The molecule has 2 heterocycles. The average molecular weight is 217 g/mol. The van der Waals surface area contributed by atoms with E-state index < -0.39 is 0 Å². The molecule has 1 aliphatic heterocycles. The van der Waals surface area contributed by atoms with Gasteiger partial charge in [-0.3, -0.25) is 4.98 Å². The average Bonchev–Trinajstić information content (AvgIpc) is 2.29. The van der Waals surface area contributed by atoms with Gasteiger partial charge in [0.2, 0.25) is 0 Å². The molecule has 1 aliphatic rings. The van der Waals surface area contributed by atoms with Gasteiger partial charge in [-0.15, -0.1) is 0 Å². The number of nitrogens with zero attached hydrogens (tertiary/aromatic N) is 1. The van der Waals surface area contributed by atoms with Crippen LogP contribution < -0.4 is 4.74 Å². The Morgan fingerprint density at radius 1 is 1.44 bits per heavy atom. The van der Waals surface area contributed by atoms with Gasteiger partial charge in [0.1, 0.15) is 11.6 Å². The van der Waals surface area contributed by atoms with Crippen molar-refractivity contribution in [1.29, 1.82) is 0 Å². The van der Waals surface area contributed by atoms with Crippen LogP contribution in [0.5, 0.6) is 5.75 Å². The highest BCUT2D eigenvalue weighted by Gasteiger charge is 2.19. The molecule has 0 radical (unpaired) electrons. The van der Waals surface area contributed by atoms with Crippen LogP contribution in [0.4, 0.5) is 4.39 Å². The zero-order chi connectivity index (χ0) is 11.1. The second-order valence-corrected chi connectivity index (χ2v) is 4.38. The molecule has 0 N–H and O–H groups in total. The highest BCUT2D eigenvalue weighted by Crippen LogP contribution is 2.32. The smallest absolute Gasteiger partial charge is 0.141 e. The molecule has 3 heteroatoms. The van der Waals surface area contributed by atoms with E-state index in [4.69, 9.17) is 4.74 Å². The Bertz CT molecular complexity index is 553. The highest BCUT2D eigenvalue weighted by molar-refractivity contribution is 5.84. The fraction of sp³-hybridized carbons (Fsp3) is 0.308. The fourth-order valence-corrected chi connectivity index (χ4v) is 2.18. The van der Waals surface area contributed by atoms with Gasteiger partial charge in [0.05, 0.1) is 18.3 Å². The molecule has 1 aromatic heterocycles. The largest absolute Gasteiger partial charge is 0.491 e. The molecular weight excluding hydrogens is 205 g/mol. The maximum absolute atomic E-state index is 13.2. The molecule has 0 amide bonds. The minimum atomic E-state index is -0.221. The maximum atomic E-state index is 13.2. The lowest BCUT2D eigenvalue weighted by Crippen LogP contribution is -2.18. The number of hydrogen-bond acceptors (Lipinski definition) is 2. The van der Waals surface area contributed by atoms with E-state index in [1.807, 2.05) is 0 Å². The van der Waals surface area contributed by atoms with Crippen LogP contribution in [0.2, 0.25) is 0 Å². The lowest BCUT2D eigenvalue weighted by atomic mass is 9.96. The van der Waals surface area contributed by atoms with Crippen molar-refractivity contribution in [3.8, 4) is 5.75 Å². The second-order valence-electron chi connectivity index (χ2n) is 4.38. The molecule has 2 nitrogen and oxygen atoms in total. The van der Waals surface area contributed by atoms with Crippen LogP contribution in [-0.4, -0.2) is 11.6 Å². The number of benzene rings is 1. The highest BCUT2D eigenvalue weighted by atomic mass is 19.1. The standard InChI is InChI=1S/C13H12FNO/c1-8-4-11-10-5-9(14)2-3-12(10)15-6-13(11)16-7-8/h2-3,5-6,8H,4,7H2,1H3. The van der Waals surface area contributed by atoms with Crippen molar-refractivity contribution in [2.45, 2.75) is 13.3 Å². The van der Waals surface area contributed by atoms with E-state index in [9.17, 15) is 4.39 Å². The van der Waals surface area contributed by atoms with Crippen LogP contribution in [0.1, 0.15) is 12.5 Å². The quantitative estimate of drug-likeness (QED) is 0.676. The van der Waals surface area contributed by atoms with Gasteiger partial charge in [0.25, 0.3) is 0 Å². The maximum Gasteiger partial charge on any atom is 0.141 e. The summed E-state index contributed by atoms with van der Waals surface area (Å²) in [5.41, 5.74) is 1.92. The van der Waals surface area contributed by atoms with Crippen LogP contribution in [0.15, 0.2) is 24.4 Å². The first kappa shape index (κ1) is 9.58. The molecule has 16 heavy (non-hydrogen) atoms. The minimum absolute atomic E-state index is 0.221. The van der Waals surface area contributed by atoms with Gasteiger partial charge in [-0.1, -0.05) is 6.92 Å². The molecule has 82 valence electrons. The summed E-state index contributed by atoms with van der Waals surface area (Å²) in [4.78, 5) is 4.27. The van der Waals surface area contributed by atoms with E-state index >= 15 is 0 Å². The third-order valence-corrected chi connectivity index (χ3v) is 2.98. The first-order chi connectivity index (χ1) is 7.74. The van der Waals surface area contributed by atoms with Crippen LogP contribution in [-0.2, 0) is 6.42 Å². The van der Waals surface area contributed by atoms with Crippen molar-refractivity contribution in [3.05, 3.63) is 35.8 Å². The number of rotatable bonds is 0. The van der Waals surface area contributed by atoms with E-state index in [1.165, 1.54) is 6.07 Å². The zero-order valence-corrected chi connectivity index (χ0v) is 9.03. The minimum Gasteiger partial charge on any atom is -0.491 e. The van der Waals surface area contributed by atoms with Crippen molar-refractivity contribution in [2.24, 2.45) is 5.92 Å². The second kappa shape index (κ2) is 3.44. The van der Waals surface area contributed by atoms with Crippen LogP contribution in [0.3, 0.4) is 0 Å².